The topological polar surface area (TPSA) is 29.5 Å². The van der Waals surface area contributed by atoms with E-state index in [1.54, 1.807) is 0 Å². The lowest BCUT2D eigenvalue weighted by molar-refractivity contribution is 0.0872. The molecule has 1 N–H and O–H groups in total. The Morgan fingerprint density at radius 1 is 1.27 bits per heavy atom. The van der Waals surface area contributed by atoms with Crippen LogP contribution >= 0.6 is 0 Å². The smallest absolute Gasteiger partial charge is 0.0469 e. The van der Waals surface area contributed by atoms with Crippen molar-refractivity contribution >= 4 is 0 Å². The zero-order chi connectivity index (χ0) is 10.9. The average Bonchev–Trinajstić information content (AvgIpc) is 2.77. The summed E-state index contributed by atoms with van der Waals surface area (Å²) in [5, 5.41) is 9.33. The van der Waals surface area contributed by atoms with Crippen molar-refractivity contribution in [2.75, 3.05) is 19.8 Å². The molecule has 0 bridgehead atoms. The van der Waals surface area contributed by atoms with Gasteiger partial charge in [0, 0.05) is 19.8 Å². The second kappa shape index (κ2) is 8.12. The van der Waals surface area contributed by atoms with E-state index in [2.05, 4.69) is 6.92 Å². The highest BCUT2D eigenvalue weighted by molar-refractivity contribution is 4.74. The van der Waals surface area contributed by atoms with E-state index < -0.39 is 0 Å². The second-order valence-corrected chi connectivity index (χ2v) is 4.74. The fraction of sp³-hybridized carbons (Fsp3) is 1.00. The summed E-state index contributed by atoms with van der Waals surface area (Å²) < 4.78 is 5.55. The lowest BCUT2D eigenvalue weighted by Gasteiger charge is -2.20. The van der Waals surface area contributed by atoms with Crippen molar-refractivity contribution in [1.82, 2.24) is 0 Å². The third kappa shape index (κ3) is 4.98. The van der Waals surface area contributed by atoms with Gasteiger partial charge in [-0.3, -0.25) is 0 Å². The molecule has 0 aromatic carbocycles. The van der Waals surface area contributed by atoms with Crippen LogP contribution in [0.4, 0.5) is 0 Å². The molecule has 2 heteroatoms. The van der Waals surface area contributed by atoms with Gasteiger partial charge in [-0.1, -0.05) is 39.0 Å². The predicted octanol–water partition coefficient (Wildman–Crippen LogP) is 2.99. The molecule has 0 aliphatic heterocycles. The molecule has 1 atom stereocenters. The molecular weight excluding hydrogens is 188 g/mol. The minimum absolute atomic E-state index is 0.349. The van der Waals surface area contributed by atoms with Gasteiger partial charge in [-0.2, -0.15) is 0 Å². The van der Waals surface area contributed by atoms with Crippen LogP contribution in [-0.2, 0) is 4.74 Å². The van der Waals surface area contributed by atoms with Gasteiger partial charge in [0.2, 0.25) is 0 Å². The minimum atomic E-state index is 0.349. The Kier molecular flexibility index (Phi) is 7.03. The molecule has 1 saturated carbocycles. The summed E-state index contributed by atoms with van der Waals surface area (Å²) in [5.74, 6) is 1.26. The number of aliphatic hydroxyl groups excluding tert-OH is 1. The number of rotatable bonds is 8. The fourth-order valence-corrected chi connectivity index (χ4v) is 2.49. The van der Waals surface area contributed by atoms with Crippen molar-refractivity contribution in [3.05, 3.63) is 0 Å². The highest BCUT2D eigenvalue weighted by Crippen LogP contribution is 2.32. The van der Waals surface area contributed by atoms with E-state index >= 15 is 0 Å². The van der Waals surface area contributed by atoms with Crippen molar-refractivity contribution in [2.45, 2.75) is 51.9 Å². The Balaban J connectivity index is 2.05. The molecule has 1 aliphatic rings. The highest BCUT2D eigenvalue weighted by atomic mass is 16.5. The molecule has 2 nitrogen and oxygen atoms in total. The molecule has 90 valence electrons. The number of hydrogen-bond donors (Lipinski definition) is 1. The fourth-order valence-electron chi connectivity index (χ4n) is 2.49. The van der Waals surface area contributed by atoms with Crippen molar-refractivity contribution < 1.29 is 9.84 Å². The normalized spacial score (nSPS) is 19.6. The molecule has 0 amide bonds. The predicted molar refractivity (Wildman–Crippen MR) is 62.9 cm³/mol. The maximum Gasteiger partial charge on any atom is 0.0469 e. The van der Waals surface area contributed by atoms with Gasteiger partial charge in [0.15, 0.2) is 0 Å². The van der Waals surface area contributed by atoms with Gasteiger partial charge >= 0.3 is 0 Å². The summed E-state index contributed by atoms with van der Waals surface area (Å²) in [4.78, 5) is 0. The van der Waals surface area contributed by atoms with Gasteiger partial charge in [-0.25, -0.2) is 0 Å². The van der Waals surface area contributed by atoms with Gasteiger partial charge in [0.1, 0.15) is 0 Å². The van der Waals surface area contributed by atoms with E-state index in [1.165, 1.54) is 32.1 Å². The van der Waals surface area contributed by atoms with E-state index in [0.717, 1.165) is 32.0 Å². The molecule has 1 fully saturated rings. The Morgan fingerprint density at radius 3 is 2.60 bits per heavy atom. The van der Waals surface area contributed by atoms with Crippen LogP contribution in [0.3, 0.4) is 0 Å². The zero-order valence-electron chi connectivity index (χ0n) is 10.1. The van der Waals surface area contributed by atoms with Gasteiger partial charge in [-0.05, 0) is 24.7 Å². The SMILES string of the molecule is CCCCOCCC(CO)C1CCCC1. The van der Waals surface area contributed by atoms with E-state index in [1.807, 2.05) is 0 Å². The van der Waals surface area contributed by atoms with Gasteiger partial charge in [0.05, 0.1) is 0 Å². The highest BCUT2D eigenvalue weighted by Gasteiger charge is 2.23. The molecule has 0 heterocycles. The van der Waals surface area contributed by atoms with E-state index in [-0.39, 0.29) is 0 Å². The third-order valence-electron chi connectivity index (χ3n) is 3.58. The largest absolute Gasteiger partial charge is 0.396 e. The lowest BCUT2D eigenvalue weighted by atomic mass is 9.89. The van der Waals surface area contributed by atoms with Crippen LogP contribution in [0, 0.1) is 11.8 Å². The lowest BCUT2D eigenvalue weighted by Crippen LogP contribution is -2.18. The molecule has 15 heavy (non-hydrogen) atoms. The van der Waals surface area contributed by atoms with Crippen LogP contribution in [-0.4, -0.2) is 24.9 Å². The van der Waals surface area contributed by atoms with E-state index in [4.69, 9.17) is 4.74 Å². The molecule has 0 spiro atoms. The summed E-state index contributed by atoms with van der Waals surface area (Å²) in [7, 11) is 0. The molecule has 1 rings (SSSR count). The summed E-state index contributed by atoms with van der Waals surface area (Å²) in [6.07, 6.45) is 8.76. The van der Waals surface area contributed by atoms with Gasteiger partial charge < -0.3 is 9.84 Å². The Morgan fingerprint density at radius 2 is 2.00 bits per heavy atom. The summed E-state index contributed by atoms with van der Waals surface area (Å²) in [6.45, 7) is 4.25. The number of ether oxygens (including phenoxy) is 1. The summed E-state index contributed by atoms with van der Waals surface area (Å²) in [6, 6.07) is 0. The first kappa shape index (κ1) is 13.0. The van der Waals surface area contributed by atoms with Crippen LogP contribution in [0.25, 0.3) is 0 Å². The quantitative estimate of drug-likeness (QED) is 0.629. The summed E-state index contributed by atoms with van der Waals surface area (Å²) >= 11 is 0. The average molecular weight is 214 g/mol. The van der Waals surface area contributed by atoms with Crippen LogP contribution in [0.5, 0.6) is 0 Å². The summed E-state index contributed by atoms with van der Waals surface area (Å²) in [5.41, 5.74) is 0. The van der Waals surface area contributed by atoms with E-state index in [9.17, 15) is 5.11 Å². The van der Waals surface area contributed by atoms with Crippen LogP contribution in [0.2, 0.25) is 0 Å². The molecule has 0 aromatic heterocycles. The van der Waals surface area contributed by atoms with Crippen LogP contribution < -0.4 is 0 Å². The number of unbranched alkanes of at least 4 members (excludes halogenated alkanes) is 1. The molecule has 1 unspecified atom stereocenters. The molecule has 0 aromatic rings. The van der Waals surface area contributed by atoms with Crippen molar-refractivity contribution in [1.29, 1.82) is 0 Å². The maximum atomic E-state index is 9.33. The van der Waals surface area contributed by atoms with Crippen molar-refractivity contribution in [2.24, 2.45) is 11.8 Å². The number of hydrogen-bond acceptors (Lipinski definition) is 2. The van der Waals surface area contributed by atoms with Crippen LogP contribution in [0.1, 0.15) is 51.9 Å². The Bertz CT molecular complexity index is 141. The Hall–Kier alpha value is -0.0800. The minimum Gasteiger partial charge on any atom is -0.396 e. The first-order valence-corrected chi connectivity index (χ1v) is 6.57. The first-order valence-electron chi connectivity index (χ1n) is 6.57. The molecular formula is C13H26O2. The van der Waals surface area contributed by atoms with Gasteiger partial charge in [0.25, 0.3) is 0 Å². The standard InChI is InChI=1S/C13H26O2/c1-2-3-9-15-10-8-13(11-14)12-6-4-5-7-12/h12-14H,2-11H2,1H3. The van der Waals surface area contributed by atoms with Crippen molar-refractivity contribution in [3.8, 4) is 0 Å². The van der Waals surface area contributed by atoms with Crippen LogP contribution in [0.15, 0.2) is 0 Å². The Labute approximate surface area is 94.0 Å². The first-order chi connectivity index (χ1) is 7.38. The molecule has 1 aliphatic carbocycles. The molecule has 0 saturated heterocycles. The van der Waals surface area contributed by atoms with E-state index in [0.29, 0.717) is 12.5 Å². The third-order valence-corrected chi connectivity index (χ3v) is 3.58. The number of aliphatic hydroxyl groups is 1. The zero-order valence-corrected chi connectivity index (χ0v) is 10.1. The van der Waals surface area contributed by atoms with Gasteiger partial charge in [-0.15, -0.1) is 0 Å². The molecule has 0 radical (unpaired) electrons. The monoisotopic (exact) mass is 214 g/mol. The maximum absolute atomic E-state index is 9.33. The second-order valence-electron chi connectivity index (χ2n) is 4.74. The van der Waals surface area contributed by atoms with Crippen molar-refractivity contribution in [3.63, 3.8) is 0 Å².